The summed E-state index contributed by atoms with van der Waals surface area (Å²) >= 11 is 0. The molecular formula is C11H20N4O3. The van der Waals surface area contributed by atoms with Gasteiger partial charge in [0.15, 0.2) is 0 Å². The largest absolute Gasteiger partial charge is 0.369 e. The van der Waals surface area contributed by atoms with Crippen molar-refractivity contribution in [2.75, 3.05) is 19.6 Å². The minimum Gasteiger partial charge on any atom is -0.369 e. The lowest BCUT2D eigenvalue weighted by Gasteiger charge is -2.36. The van der Waals surface area contributed by atoms with Gasteiger partial charge in [0.25, 0.3) is 0 Å². The summed E-state index contributed by atoms with van der Waals surface area (Å²) in [6.45, 7) is 2.01. The Balaban J connectivity index is 2.54. The van der Waals surface area contributed by atoms with E-state index in [1.807, 2.05) is 6.92 Å². The van der Waals surface area contributed by atoms with E-state index in [-0.39, 0.29) is 42.8 Å². The zero-order valence-electron chi connectivity index (χ0n) is 10.5. The number of hydrogen-bond donors (Lipinski definition) is 3. The average Bonchev–Trinajstić information content (AvgIpc) is 2.35. The van der Waals surface area contributed by atoms with Crippen molar-refractivity contribution < 1.29 is 14.4 Å². The Kier molecular flexibility index (Phi) is 5.08. The van der Waals surface area contributed by atoms with E-state index in [1.165, 1.54) is 0 Å². The van der Waals surface area contributed by atoms with Crippen LogP contribution in [0.4, 0.5) is 0 Å². The van der Waals surface area contributed by atoms with E-state index in [0.717, 1.165) is 6.42 Å². The summed E-state index contributed by atoms with van der Waals surface area (Å²) in [6.07, 6.45) is 1.44. The molecule has 0 aliphatic carbocycles. The highest BCUT2D eigenvalue weighted by Crippen LogP contribution is 2.21. The van der Waals surface area contributed by atoms with Crippen molar-refractivity contribution in [1.82, 2.24) is 10.2 Å². The molecule has 1 fully saturated rings. The van der Waals surface area contributed by atoms with Gasteiger partial charge in [-0.05, 0) is 19.8 Å². The predicted octanol–water partition coefficient (Wildman–Crippen LogP) is -1.83. The van der Waals surface area contributed by atoms with Crippen molar-refractivity contribution in [3.05, 3.63) is 0 Å². The zero-order chi connectivity index (χ0) is 13.7. The maximum absolute atomic E-state index is 11.9. The van der Waals surface area contributed by atoms with E-state index in [2.05, 4.69) is 5.32 Å². The van der Waals surface area contributed by atoms with Crippen LogP contribution in [0.3, 0.4) is 0 Å². The van der Waals surface area contributed by atoms with E-state index >= 15 is 0 Å². The average molecular weight is 256 g/mol. The van der Waals surface area contributed by atoms with Crippen LogP contribution in [0.2, 0.25) is 0 Å². The molecule has 2 unspecified atom stereocenters. The second-order valence-electron chi connectivity index (χ2n) is 4.55. The van der Waals surface area contributed by atoms with Gasteiger partial charge in [0.1, 0.15) is 0 Å². The Morgan fingerprint density at radius 2 is 2.00 bits per heavy atom. The van der Waals surface area contributed by atoms with E-state index in [0.29, 0.717) is 13.0 Å². The van der Waals surface area contributed by atoms with E-state index in [4.69, 9.17) is 11.5 Å². The fourth-order valence-corrected chi connectivity index (χ4v) is 2.03. The zero-order valence-corrected chi connectivity index (χ0v) is 10.5. The van der Waals surface area contributed by atoms with E-state index in [9.17, 15) is 14.4 Å². The molecule has 18 heavy (non-hydrogen) atoms. The Bertz CT molecular complexity index is 345. The molecule has 7 nitrogen and oxygen atoms in total. The van der Waals surface area contributed by atoms with Crippen LogP contribution in [0.1, 0.15) is 19.8 Å². The third kappa shape index (κ3) is 3.69. The van der Waals surface area contributed by atoms with Gasteiger partial charge in [-0.1, -0.05) is 0 Å². The first-order chi connectivity index (χ1) is 8.45. The second-order valence-corrected chi connectivity index (χ2v) is 4.55. The molecule has 3 amide bonds. The fraction of sp³-hybridized carbons (Fsp3) is 0.727. The molecule has 0 saturated carbocycles. The van der Waals surface area contributed by atoms with E-state index < -0.39 is 0 Å². The van der Waals surface area contributed by atoms with Gasteiger partial charge >= 0.3 is 0 Å². The third-order valence-electron chi connectivity index (χ3n) is 3.23. The maximum atomic E-state index is 11.9. The summed E-state index contributed by atoms with van der Waals surface area (Å²) in [5.74, 6) is -1.27. The summed E-state index contributed by atoms with van der Waals surface area (Å²) in [7, 11) is 0. The molecule has 102 valence electrons. The molecule has 1 aliphatic rings. The Morgan fingerprint density at radius 1 is 1.33 bits per heavy atom. The molecule has 1 aliphatic heterocycles. The summed E-state index contributed by atoms with van der Waals surface area (Å²) < 4.78 is 0. The smallest absolute Gasteiger partial charge is 0.242 e. The SMILES string of the molecule is CC1CCC(C(N)=O)CN1C(=O)CNC(=O)CN. The van der Waals surface area contributed by atoms with E-state index in [1.54, 1.807) is 4.90 Å². The maximum Gasteiger partial charge on any atom is 0.242 e. The number of likely N-dealkylation sites (tertiary alicyclic amines) is 1. The molecular weight excluding hydrogens is 236 g/mol. The van der Waals surface area contributed by atoms with Gasteiger partial charge in [-0.2, -0.15) is 0 Å². The van der Waals surface area contributed by atoms with Crippen LogP contribution >= 0.6 is 0 Å². The normalized spacial score (nSPS) is 23.6. The minimum atomic E-state index is -0.384. The Morgan fingerprint density at radius 3 is 2.56 bits per heavy atom. The molecule has 0 spiro atoms. The molecule has 1 saturated heterocycles. The highest BCUT2D eigenvalue weighted by Gasteiger charge is 2.31. The number of nitrogens with two attached hydrogens (primary N) is 2. The van der Waals surface area contributed by atoms with Crippen LogP contribution < -0.4 is 16.8 Å². The standard InChI is InChI=1S/C11H20N4O3/c1-7-2-3-8(11(13)18)6-15(7)10(17)5-14-9(16)4-12/h7-8H,2-6,12H2,1H3,(H2,13,18)(H,14,16). The predicted molar refractivity (Wildman–Crippen MR) is 65.2 cm³/mol. The van der Waals surface area contributed by atoms with Gasteiger partial charge in [0, 0.05) is 12.6 Å². The second kappa shape index (κ2) is 6.34. The number of rotatable bonds is 4. The molecule has 0 aromatic carbocycles. The van der Waals surface area contributed by atoms with Crippen molar-refractivity contribution in [2.45, 2.75) is 25.8 Å². The van der Waals surface area contributed by atoms with Crippen molar-refractivity contribution >= 4 is 17.7 Å². The van der Waals surface area contributed by atoms with Gasteiger partial charge in [-0.3, -0.25) is 14.4 Å². The van der Waals surface area contributed by atoms with Gasteiger partial charge in [-0.25, -0.2) is 0 Å². The lowest BCUT2D eigenvalue weighted by molar-refractivity contribution is -0.138. The summed E-state index contributed by atoms with van der Waals surface area (Å²) in [5, 5.41) is 2.42. The van der Waals surface area contributed by atoms with Crippen LogP contribution in [-0.2, 0) is 14.4 Å². The van der Waals surface area contributed by atoms with Crippen molar-refractivity contribution in [3.8, 4) is 0 Å². The van der Waals surface area contributed by atoms with Gasteiger partial charge in [0.2, 0.25) is 17.7 Å². The molecule has 0 aromatic heterocycles. The van der Waals surface area contributed by atoms with Gasteiger partial charge in [0.05, 0.1) is 19.0 Å². The first kappa shape index (κ1) is 14.4. The number of hydrogen-bond acceptors (Lipinski definition) is 4. The van der Waals surface area contributed by atoms with Crippen LogP contribution in [0.15, 0.2) is 0 Å². The summed E-state index contributed by atoms with van der Waals surface area (Å²) in [6, 6.07) is 0.0582. The van der Waals surface area contributed by atoms with Crippen molar-refractivity contribution in [2.24, 2.45) is 17.4 Å². The number of carbonyl (C=O) groups excluding carboxylic acids is 3. The molecule has 1 heterocycles. The molecule has 0 aromatic rings. The summed E-state index contributed by atoms with van der Waals surface area (Å²) in [4.78, 5) is 35.6. The molecule has 0 radical (unpaired) electrons. The number of nitrogens with one attached hydrogen (secondary N) is 1. The highest BCUT2D eigenvalue weighted by molar-refractivity contribution is 5.86. The number of nitrogens with zero attached hydrogens (tertiary/aromatic N) is 1. The Labute approximate surface area is 106 Å². The molecule has 7 heteroatoms. The lowest BCUT2D eigenvalue weighted by atomic mass is 9.93. The Hall–Kier alpha value is -1.63. The van der Waals surface area contributed by atoms with Crippen LogP contribution in [0, 0.1) is 5.92 Å². The number of amides is 3. The molecule has 5 N–H and O–H groups in total. The van der Waals surface area contributed by atoms with Crippen LogP contribution in [0.5, 0.6) is 0 Å². The topological polar surface area (TPSA) is 119 Å². The first-order valence-electron chi connectivity index (χ1n) is 6.01. The summed E-state index contributed by atoms with van der Waals surface area (Å²) in [5.41, 5.74) is 10.4. The van der Waals surface area contributed by atoms with Crippen LogP contribution in [0.25, 0.3) is 0 Å². The number of carbonyl (C=O) groups is 3. The van der Waals surface area contributed by atoms with Gasteiger partial charge in [-0.15, -0.1) is 0 Å². The number of primary amides is 1. The van der Waals surface area contributed by atoms with Crippen molar-refractivity contribution in [3.63, 3.8) is 0 Å². The number of piperidine rings is 1. The van der Waals surface area contributed by atoms with Crippen LogP contribution in [-0.4, -0.2) is 48.3 Å². The minimum absolute atomic E-state index is 0.0582. The monoisotopic (exact) mass is 256 g/mol. The molecule has 1 rings (SSSR count). The van der Waals surface area contributed by atoms with Crippen molar-refractivity contribution in [1.29, 1.82) is 0 Å². The third-order valence-corrected chi connectivity index (χ3v) is 3.23. The van der Waals surface area contributed by atoms with Gasteiger partial charge < -0.3 is 21.7 Å². The fourth-order valence-electron chi connectivity index (χ4n) is 2.03. The molecule has 0 bridgehead atoms. The highest BCUT2D eigenvalue weighted by atomic mass is 16.2. The lowest BCUT2D eigenvalue weighted by Crippen LogP contribution is -2.51. The molecule has 2 atom stereocenters. The first-order valence-corrected chi connectivity index (χ1v) is 6.01. The quantitative estimate of drug-likeness (QED) is 0.548.